The van der Waals surface area contributed by atoms with Gasteiger partial charge in [-0.2, -0.15) is 0 Å². The first-order valence-corrected chi connectivity index (χ1v) is 8.90. The zero-order valence-corrected chi connectivity index (χ0v) is 15.7. The van der Waals surface area contributed by atoms with Crippen LogP contribution in [0.3, 0.4) is 0 Å². The Morgan fingerprint density at radius 3 is 2.73 bits per heavy atom. The highest BCUT2D eigenvalue weighted by Gasteiger charge is 2.27. The first-order valence-electron chi connectivity index (χ1n) is 8.52. The molecule has 0 aliphatic rings. The molecule has 0 aliphatic carbocycles. The van der Waals surface area contributed by atoms with Crippen LogP contribution < -0.4 is 5.56 Å². The quantitative estimate of drug-likeness (QED) is 0.680. The van der Waals surface area contributed by atoms with Gasteiger partial charge in [-0.1, -0.05) is 11.6 Å². The Bertz CT molecular complexity index is 995. The molecule has 0 radical (unpaired) electrons. The molecule has 2 heterocycles. The third-order valence-electron chi connectivity index (χ3n) is 4.44. The zero-order valence-electron chi connectivity index (χ0n) is 14.9. The molecule has 0 saturated carbocycles. The van der Waals surface area contributed by atoms with Crippen molar-refractivity contribution in [2.24, 2.45) is 0 Å². The van der Waals surface area contributed by atoms with Gasteiger partial charge in [-0.25, -0.2) is 4.98 Å². The molecule has 0 aliphatic heterocycles. The van der Waals surface area contributed by atoms with Crippen molar-refractivity contribution in [1.82, 2.24) is 14.5 Å². The van der Waals surface area contributed by atoms with Crippen molar-refractivity contribution in [2.45, 2.75) is 33.4 Å². The lowest BCUT2D eigenvalue weighted by molar-refractivity contribution is 0.0658. The highest BCUT2D eigenvalue weighted by Crippen LogP contribution is 2.23. The van der Waals surface area contributed by atoms with Gasteiger partial charge in [0.1, 0.15) is 5.82 Å². The first-order chi connectivity index (χ1) is 12.5. The molecule has 1 atom stereocenters. The lowest BCUT2D eigenvalue weighted by Gasteiger charge is -2.28. The van der Waals surface area contributed by atoms with Gasteiger partial charge in [0.15, 0.2) is 5.76 Å². The molecule has 26 heavy (non-hydrogen) atoms. The Morgan fingerprint density at radius 2 is 2.12 bits per heavy atom. The number of benzene rings is 1. The maximum Gasteiger partial charge on any atom is 0.290 e. The van der Waals surface area contributed by atoms with Crippen LogP contribution in [0.4, 0.5) is 0 Å². The summed E-state index contributed by atoms with van der Waals surface area (Å²) < 4.78 is 6.83. The minimum absolute atomic E-state index is 0.141. The second-order valence-electron chi connectivity index (χ2n) is 5.93. The molecule has 7 heteroatoms. The van der Waals surface area contributed by atoms with Crippen molar-refractivity contribution in [3.8, 4) is 0 Å². The summed E-state index contributed by atoms with van der Waals surface area (Å²) in [6.07, 6.45) is 1.46. The smallest absolute Gasteiger partial charge is 0.290 e. The van der Waals surface area contributed by atoms with Crippen LogP contribution in [0.1, 0.15) is 43.2 Å². The van der Waals surface area contributed by atoms with Crippen LogP contribution in [0, 0.1) is 0 Å². The second-order valence-corrected chi connectivity index (χ2v) is 6.36. The van der Waals surface area contributed by atoms with Crippen LogP contribution in [0.25, 0.3) is 10.9 Å². The molecule has 1 unspecified atom stereocenters. The Morgan fingerprint density at radius 1 is 1.35 bits per heavy atom. The fourth-order valence-corrected chi connectivity index (χ4v) is 3.28. The lowest BCUT2D eigenvalue weighted by Crippen LogP contribution is -2.37. The number of furan rings is 1. The highest BCUT2D eigenvalue weighted by atomic mass is 35.5. The monoisotopic (exact) mass is 373 g/mol. The van der Waals surface area contributed by atoms with E-state index in [1.54, 1.807) is 39.8 Å². The average Bonchev–Trinajstić information content (AvgIpc) is 3.16. The SMILES string of the molecule is CCN(C(=O)c1ccco1)C(C)c1nc2cc(Cl)ccc2c(=O)n1CC. The van der Waals surface area contributed by atoms with E-state index in [1.807, 2.05) is 20.8 Å². The molecule has 0 N–H and O–H groups in total. The van der Waals surface area contributed by atoms with Crippen molar-refractivity contribution >= 4 is 28.4 Å². The molecule has 1 amide bonds. The molecule has 3 aromatic rings. The Kier molecular flexibility index (Phi) is 5.13. The minimum Gasteiger partial charge on any atom is -0.459 e. The molecule has 3 rings (SSSR count). The summed E-state index contributed by atoms with van der Waals surface area (Å²) in [5.41, 5.74) is 0.382. The van der Waals surface area contributed by atoms with E-state index in [-0.39, 0.29) is 17.2 Å². The first kappa shape index (κ1) is 18.2. The molecule has 2 aromatic heterocycles. The average molecular weight is 374 g/mol. The normalized spacial score (nSPS) is 12.3. The number of hydrogen-bond donors (Lipinski definition) is 0. The summed E-state index contributed by atoms with van der Waals surface area (Å²) in [5.74, 6) is 0.537. The van der Waals surface area contributed by atoms with Crippen molar-refractivity contribution in [1.29, 1.82) is 0 Å². The van der Waals surface area contributed by atoms with Crippen molar-refractivity contribution < 1.29 is 9.21 Å². The number of rotatable bonds is 5. The number of fused-ring (bicyclic) bond motifs is 1. The zero-order chi connectivity index (χ0) is 18.8. The van der Waals surface area contributed by atoms with Gasteiger partial charge in [-0.05, 0) is 51.1 Å². The predicted octanol–water partition coefficient (Wildman–Crippen LogP) is 3.89. The van der Waals surface area contributed by atoms with Gasteiger partial charge in [0.25, 0.3) is 11.5 Å². The molecule has 0 spiro atoms. The molecule has 0 bridgehead atoms. The number of hydrogen-bond acceptors (Lipinski definition) is 4. The number of aromatic nitrogens is 2. The van der Waals surface area contributed by atoms with Gasteiger partial charge in [-0.3, -0.25) is 14.2 Å². The summed E-state index contributed by atoms with van der Waals surface area (Å²) in [6, 6.07) is 7.91. The molecule has 0 fully saturated rings. The summed E-state index contributed by atoms with van der Waals surface area (Å²) in [6.45, 7) is 6.52. The van der Waals surface area contributed by atoms with Gasteiger partial charge in [0, 0.05) is 18.1 Å². The molecular formula is C19H20ClN3O3. The van der Waals surface area contributed by atoms with Crippen LogP contribution in [0.15, 0.2) is 45.8 Å². The predicted molar refractivity (Wildman–Crippen MR) is 101 cm³/mol. The standard InChI is InChI=1S/C19H20ClN3O3/c1-4-22(19(25)16-7-6-10-26-16)12(3)17-21-15-11-13(20)8-9-14(15)18(24)23(17)5-2/h6-12H,4-5H2,1-3H3. The molecule has 6 nitrogen and oxygen atoms in total. The Labute approximate surface area is 156 Å². The minimum atomic E-state index is -0.409. The number of carbonyl (C=O) groups excluding carboxylic acids is 1. The second kappa shape index (κ2) is 7.33. The third-order valence-corrected chi connectivity index (χ3v) is 4.67. The molecule has 0 saturated heterocycles. The fourth-order valence-electron chi connectivity index (χ4n) is 3.11. The van der Waals surface area contributed by atoms with E-state index >= 15 is 0 Å². The van der Waals surface area contributed by atoms with Gasteiger partial charge < -0.3 is 9.32 Å². The van der Waals surface area contributed by atoms with Gasteiger partial charge in [0.2, 0.25) is 0 Å². The number of amides is 1. The van der Waals surface area contributed by atoms with Gasteiger partial charge >= 0.3 is 0 Å². The van der Waals surface area contributed by atoms with E-state index in [1.165, 1.54) is 6.26 Å². The van der Waals surface area contributed by atoms with Gasteiger partial charge in [0.05, 0.1) is 23.2 Å². The largest absolute Gasteiger partial charge is 0.459 e. The number of halogens is 1. The van der Waals surface area contributed by atoms with Crippen LogP contribution in [0.2, 0.25) is 5.02 Å². The van der Waals surface area contributed by atoms with E-state index in [0.29, 0.717) is 34.8 Å². The Hall–Kier alpha value is -2.60. The van der Waals surface area contributed by atoms with E-state index in [0.717, 1.165) is 0 Å². The summed E-state index contributed by atoms with van der Waals surface area (Å²) in [4.78, 5) is 31.9. The van der Waals surface area contributed by atoms with Crippen LogP contribution >= 0.6 is 11.6 Å². The van der Waals surface area contributed by atoms with E-state index in [9.17, 15) is 9.59 Å². The van der Waals surface area contributed by atoms with Crippen LogP contribution in [-0.2, 0) is 6.54 Å². The maximum absolute atomic E-state index is 12.9. The summed E-state index contributed by atoms with van der Waals surface area (Å²) in [5, 5.41) is 1.02. The van der Waals surface area contributed by atoms with Crippen molar-refractivity contribution in [3.05, 3.63) is 63.6 Å². The number of carbonyl (C=O) groups is 1. The third kappa shape index (κ3) is 3.12. The highest BCUT2D eigenvalue weighted by molar-refractivity contribution is 6.31. The number of nitrogens with zero attached hydrogens (tertiary/aromatic N) is 3. The molecule has 136 valence electrons. The Balaban J connectivity index is 2.13. The van der Waals surface area contributed by atoms with E-state index in [4.69, 9.17) is 16.0 Å². The lowest BCUT2D eigenvalue weighted by atomic mass is 10.2. The topological polar surface area (TPSA) is 68.3 Å². The fraction of sp³-hybridized carbons (Fsp3) is 0.316. The molecular weight excluding hydrogens is 354 g/mol. The van der Waals surface area contributed by atoms with Crippen molar-refractivity contribution in [2.75, 3.05) is 6.54 Å². The van der Waals surface area contributed by atoms with E-state index in [2.05, 4.69) is 4.98 Å². The van der Waals surface area contributed by atoms with Crippen molar-refractivity contribution in [3.63, 3.8) is 0 Å². The molecule has 1 aromatic carbocycles. The maximum atomic E-state index is 12.9. The van der Waals surface area contributed by atoms with Crippen LogP contribution in [-0.4, -0.2) is 26.9 Å². The summed E-state index contributed by atoms with van der Waals surface area (Å²) >= 11 is 6.06. The van der Waals surface area contributed by atoms with E-state index < -0.39 is 6.04 Å². The van der Waals surface area contributed by atoms with Crippen LogP contribution in [0.5, 0.6) is 0 Å². The summed E-state index contributed by atoms with van der Waals surface area (Å²) in [7, 11) is 0. The van der Waals surface area contributed by atoms with Gasteiger partial charge in [-0.15, -0.1) is 0 Å².